The highest BCUT2D eigenvalue weighted by molar-refractivity contribution is 6.28. The zero-order valence-corrected chi connectivity index (χ0v) is 33.7. The summed E-state index contributed by atoms with van der Waals surface area (Å²) in [6.07, 6.45) is 9.62. The van der Waals surface area contributed by atoms with Gasteiger partial charge in [-0.2, -0.15) is 0 Å². The average Bonchev–Trinajstić information content (AvgIpc) is 3.64. The van der Waals surface area contributed by atoms with Crippen molar-refractivity contribution < 1.29 is 43.9 Å². The number of Topliss-reactive ketones (excluding diaryl/α,β-unsaturated/α-hetero) is 1. The number of aromatic hydroxyl groups is 2. The van der Waals surface area contributed by atoms with Gasteiger partial charge in [0.25, 0.3) is 11.7 Å². The van der Waals surface area contributed by atoms with E-state index in [-0.39, 0.29) is 68.8 Å². The van der Waals surface area contributed by atoms with Crippen molar-refractivity contribution in [3.8, 4) is 17.2 Å². The fraction of sp³-hybridized carbons (Fsp3) is 0.455. The van der Waals surface area contributed by atoms with E-state index in [2.05, 4.69) is 12.2 Å². The molecule has 2 aliphatic heterocycles. The van der Waals surface area contributed by atoms with Crippen molar-refractivity contribution in [3.63, 3.8) is 0 Å². The maximum absolute atomic E-state index is 14.5. The van der Waals surface area contributed by atoms with Crippen molar-refractivity contribution >= 4 is 50.8 Å². The van der Waals surface area contributed by atoms with Crippen molar-refractivity contribution in [1.82, 2.24) is 9.38 Å². The number of ketones is 1. The largest absolute Gasteiger partial charge is 0.507 e. The average molecular weight is 768 g/mol. The number of amides is 1. The minimum absolute atomic E-state index is 0.00361. The second-order valence-electron chi connectivity index (χ2n) is 15.9. The summed E-state index contributed by atoms with van der Waals surface area (Å²) in [7, 11) is 0. The number of allylic oxidation sites excluding steroid dienone is 3. The molecule has 0 spiro atoms. The molecule has 56 heavy (non-hydrogen) atoms. The molecule has 6 rings (SSSR count). The van der Waals surface area contributed by atoms with E-state index in [4.69, 9.17) is 19.2 Å². The van der Waals surface area contributed by atoms with Crippen LogP contribution in [0, 0.1) is 42.4 Å². The Morgan fingerprint density at radius 1 is 1.02 bits per heavy atom. The predicted octanol–water partition coefficient (Wildman–Crippen LogP) is 8.14. The van der Waals surface area contributed by atoms with E-state index in [1.54, 1.807) is 29.7 Å². The number of fused-ring (bicyclic) bond motifs is 2. The molecule has 0 saturated heterocycles. The second-order valence-corrected chi connectivity index (χ2v) is 15.9. The molecule has 12 nitrogen and oxygen atoms in total. The van der Waals surface area contributed by atoms with E-state index >= 15 is 0 Å². The Morgan fingerprint density at radius 2 is 1.73 bits per heavy atom. The summed E-state index contributed by atoms with van der Waals surface area (Å²) >= 11 is 0. The number of hydrogen-bond donors (Lipinski definition) is 4. The van der Waals surface area contributed by atoms with Crippen LogP contribution in [0.15, 0.2) is 60.5 Å². The van der Waals surface area contributed by atoms with Crippen LogP contribution < -0.4 is 10.1 Å². The molecular weight excluding hydrogens is 714 g/mol. The van der Waals surface area contributed by atoms with Crippen LogP contribution in [0.5, 0.6) is 17.2 Å². The number of carbonyl (C=O) groups is 3. The fourth-order valence-electron chi connectivity index (χ4n) is 8.33. The van der Waals surface area contributed by atoms with Gasteiger partial charge in [-0.15, -0.1) is 0 Å². The van der Waals surface area contributed by atoms with Crippen LogP contribution in [-0.4, -0.2) is 60.4 Å². The van der Waals surface area contributed by atoms with Gasteiger partial charge in [-0.05, 0) is 73.6 Å². The zero-order valence-electron chi connectivity index (χ0n) is 33.7. The van der Waals surface area contributed by atoms with E-state index in [1.807, 2.05) is 65.8 Å². The maximum atomic E-state index is 14.5. The van der Waals surface area contributed by atoms with Gasteiger partial charge in [0.2, 0.25) is 0 Å². The molecule has 298 valence electrons. The van der Waals surface area contributed by atoms with Crippen LogP contribution in [0.2, 0.25) is 0 Å². The summed E-state index contributed by atoms with van der Waals surface area (Å²) in [6.45, 7) is 18.4. The first-order valence-corrected chi connectivity index (χ1v) is 19.3. The summed E-state index contributed by atoms with van der Waals surface area (Å²) in [5, 5.41) is 37.8. The Hall–Kier alpha value is -5.36. The molecule has 4 heterocycles. The van der Waals surface area contributed by atoms with Gasteiger partial charge in [0.15, 0.2) is 5.75 Å². The molecule has 2 aromatic heterocycles. The van der Waals surface area contributed by atoms with Gasteiger partial charge in [0, 0.05) is 43.0 Å². The first-order valence-electron chi connectivity index (χ1n) is 19.3. The van der Waals surface area contributed by atoms with Crippen molar-refractivity contribution in [1.29, 1.82) is 0 Å². The number of hydrogen-bond acceptors (Lipinski definition) is 10. The molecule has 4 N–H and O–H groups in total. The van der Waals surface area contributed by atoms with E-state index in [9.17, 15) is 29.7 Å². The summed E-state index contributed by atoms with van der Waals surface area (Å²) in [6, 6.07) is 4.93. The van der Waals surface area contributed by atoms with Gasteiger partial charge in [0.05, 0.1) is 23.3 Å². The summed E-state index contributed by atoms with van der Waals surface area (Å²) in [5.41, 5.74) is 2.30. The number of phenolic OH excluding ortho intramolecular Hbond substituents is 2. The van der Waals surface area contributed by atoms with Crippen molar-refractivity contribution in [2.24, 2.45) is 35.5 Å². The van der Waals surface area contributed by atoms with Crippen molar-refractivity contribution in [2.45, 2.75) is 93.7 Å². The molecule has 0 unspecified atom stereocenters. The lowest BCUT2D eigenvalue weighted by atomic mass is 9.72. The lowest BCUT2D eigenvalue weighted by Crippen LogP contribution is -2.41. The SMILES string of the molecule is CC[C@H]1/C=C/O[C@@]2(C)Oc3cc(O)c4c(O)c(c5c(nc6cc(C)ccn65)c4c3C2=O)NC(=O)/C(C)=C\C=C\[C@H](C)[C@H](O)[C@@H](C)[C@@H](C)[C@@H](C)[C@H](OC(C)=O)[C@@H]1C. The number of benzene rings is 2. The van der Waals surface area contributed by atoms with Crippen LogP contribution in [0.4, 0.5) is 5.69 Å². The maximum Gasteiger partial charge on any atom is 0.312 e. The molecule has 4 bridgehead atoms. The smallest absolute Gasteiger partial charge is 0.312 e. The van der Waals surface area contributed by atoms with Crippen LogP contribution in [0.3, 0.4) is 0 Å². The molecule has 2 aliphatic rings. The third kappa shape index (κ3) is 6.99. The molecule has 2 aromatic carbocycles. The topological polar surface area (TPSA) is 169 Å². The number of esters is 1. The second kappa shape index (κ2) is 15.3. The number of anilines is 1. The van der Waals surface area contributed by atoms with Gasteiger partial charge >= 0.3 is 11.8 Å². The standard InChI is InChI=1S/C44H53N3O9/c1-11-29-16-18-54-44(10)42(52)34-31(56-44)20-30(49)33-35(34)36-38(47-17-15-21(2)19-32(47)45-36)37(40(33)51)46-43(53)23(4)14-12-13-22(3)39(50)25(6)24(5)26(7)41(27(29)8)55-28(9)48/h12-20,22,24-27,29,39,41,49-51H,11H2,1-10H3,(H,46,53)/b13-12+,18-16+,23-14-/t22-,24+,25-,26+,27+,29-,39-,41-,44-/m0/s1. The number of aliphatic hydroxyl groups excluding tert-OH is 1. The number of ether oxygens (including phenoxy) is 3. The number of rotatable bonds is 2. The highest BCUT2D eigenvalue weighted by atomic mass is 16.7. The van der Waals surface area contributed by atoms with Gasteiger partial charge < -0.3 is 34.8 Å². The van der Waals surface area contributed by atoms with Crippen LogP contribution in [0.1, 0.15) is 84.7 Å². The fourth-order valence-corrected chi connectivity index (χ4v) is 8.33. The number of nitrogens with zero attached hydrogens (tertiary/aromatic N) is 2. The highest BCUT2D eigenvalue weighted by Crippen LogP contribution is 2.52. The first-order chi connectivity index (χ1) is 26.4. The molecule has 0 fully saturated rings. The number of aliphatic hydroxyl groups is 1. The highest BCUT2D eigenvalue weighted by Gasteiger charge is 2.48. The molecule has 0 aliphatic carbocycles. The number of nitrogens with one attached hydrogen (secondary N) is 1. The zero-order chi connectivity index (χ0) is 41.0. The summed E-state index contributed by atoms with van der Waals surface area (Å²) in [4.78, 5) is 45.5. The molecule has 0 radical (unpaired) electrons. The lowest BCUT2D eigenvalue weighted by molar-refractivity contribution is -0.155. The van der Waals surface area contributed by atoms with Crippen LogP contribution in [0.25, 0.3) is 27.5 Å². The Morgan fingerprint density at radius 3 is 2.41 bits per heavy atom. The normalized spacial score (nSPS) is 31.2. The first kappa shape index (κ1) is 40.3. The number of phenols is 2. The van der Waals surface area contributed by atoms with Gasteiger partial charge in [-0.1, -0.05) is 59.8 Å². The van der Waals surface area contributed by atoms with Crippen LogP contribution >= 0.6 is 0 Å². The van der Waals surface area contributed by atoms with Gasteiger partial charge in [-0.3, -0.25) is 18.8 Å². The number of carbonyl (C=O) groups excluding carboxylic acids is 3. The third-order valence-corrected chi connectivity index (χ3v) is 12.1. The Bertz CT molecular complexity index is 2320. The van der Waals surface area contributed by atoms with Crippen LogP contribution in [-0.2, 0) is 19.1 Å². The Labute approximate surface area is 326 Å². The lowest BCUT2D eigenvalue weighted by Gasteiger charge is -2.39. The number of aryl methyl sites for hydroxylation is 1. The molecule has 4 aromatic rings. The minimum atomic E-state index is -1.85. The molecule has 1 amide bonds. The summed E-state index contributed by atoms with van der Waals surface area (Å²) < 4.78 is 20.0. The van der Waals surface area contributed by atoms with Crippen molar-refractivity contribution in [3.05, 3.63) is 71.7 Å². The molecule has 0 saturated carbocycles. The number of aromatic nitrogens is 2. The minimum Gasteiger partial charge on any atom is -0.507 e. The monoisotopic (exact) mass is 767 g/mol. The Balaban J connectivity index is 1.55. The van der Waals surface area contributed by atoms with Gasteiger partial charge in [-0.25, -0.2) is 4.98 Å². The van der Waals surface area contributed by atoms with Crippen molar-refractivity contribution in [2.75, 3.05) is 5.32 Å². The van der Waals surface area contributed by atoms with E-state index in [0.717, 1.165) is 5.56 Å². The Kier molecular flexibility index (Phi) is 11.0. The summed E-state index contributed by atoms with van der Waals surface area (Å²) in [5.74, 6) is -5.15. The van der Waals surface area contributed by atoms with E-state index < -0.39 is 47.2 Å². The van der Waals surface area contributed by atoms with E-state index in [0.29, 0.717) is 23.2 Å². The molecular formula is C44H53N3O9. The predicted molar refractivity (Wildman–Crippen MR) is 215 cm³/mol. The van der Waals surface area contributed by atoms with E-state index in [1.165, 1.54) is 26.2 Å². The number of pyridine rings is 1. The quantitative estimate of drug-likeness (QED) is 0.115. The molecule has 9 atom stereocenters. The number of imidazole rings is 1. The molecule has 12 heteroatoms. The third-order valence-electron chi connectivity index (χ3n) is 12.1. The van der Waals surface area contributed by atoms with Gasteiger partial charge in [0.1, 0.15) is 40.0 Å².